The smallest absolute Gasteiger partial charge is 0.344 e. The molecule has 1 heterocycles. The molecule has 0 aromatic rings. The third kappa shape index (κ3) is 34.2. The molecule has 0 amide bonds. The van der Waals surface area contributed by atoms with Crippen molar-refractivity contribution in [3.8, 4) is 0 Å². The Morgan fingerprint density at radius 3 is 0.913 bits per heavy atom. The van der Waals surface area contributed by atoms with Crippen LogP contribution in [0.2, 0.25) is 0 Å². The molecule has 0 aliphatic carbocycles. The summed E-state index contributed by atoms with van der Waals surface area (Å²) in [7, 11) is -4.67. The highest BCUT2D eigenvalue weighted by atomic mass is 32.3. The summed E-state index contributed by atoms with van der Waals surface area (Å²) in [4.78, 5) is 10.3. The van der Waals surface area contributed by atoms with Crippen LogP contribution in [0.1, 0.15) is 77.0 Å². The fourth-order valence-corrected chi connectivity index (χ4v) is 2.21. The van der Waals surface area contributed by atoms with E-state index in [9.17, 15) is 0 Å². The van der Waals surface area contributed by atoms with Crippen molar-refractivity contribution < 1.29 is 27.3 Å². The summed E-state index contributed by atoms with van der Waals surface area (Å²) in [6.07, 6.45) is 16.2. The molecule has 1 rings (SSSR count). The van der Waals surface area contributed by atoms with Crippen molar-refractivity contribution in [1.29, 1.82) is 0 Å². The Hall–Kier alpha value is -0.290. The Morgan fingerprint density at radius 1 is 0.522 bits per heavy atom. The van der Waals surface area contributed by atoms with Gasteiger partial charge in [-0.15, -0.1) is 0 Å². The molecule has 0 radical (unpaired) electrons. The van der Waals surface area contributed by atoms with Crippen LogP contribution in [0, 0.1) is 0 Å². The summed E-state index contributed by atoms with van der Waals surface area (Å²) in [6.45, 7) is 1.56. The van der Waals surface area contributed by atoms with Crippen molar-refractivity contribution in [2.45, 2.75) is 77.0 Å². The van der Waals surface area contributed by atoms with Crippen LogP contribution < -0.4 is 12.3 Å². The van der Waals surface area contributed by atoms with E-state index in [4.69, 9.17) is 27.3 Å². The summed E-state index contributed by atoms with van der Waals surface area (Å²) >= 11 is 0. The first-order valence-corrected chi connectivity index (χ1v) is 9.34. The van der Waals surface area contributed by atoms with E-state index in [2.05, 4.69) is 0 Å². The highest BCUT2D eigenvalue weighted by Crippen LogP contribution is 2.12. The maximum Gasteiger partial charge on any atom is 0.394 e. The van der Waals surface area contributed by atoms with Crippen LogP contribution in [0.3, 0.4) is 0 Å². The van der Waals surface area contributed by atoms with E-state index in [-0.39, 0.29) is 12.3 Å². The summed E-state index contributed by atoms with van der Waals surface area (Å²) < 4.78 is 31.6. The highest BCUT2D eigenvalue weighted by molar-refractivity contribution is 7.79. The van der Waals surface area contributed by atoms with Gasteiger partial charge in [0.15, 0.2) is 0 Å². The van der Waals surface area contributed by atoms with Gasteiger partial charge in [0.25, 0.3) is 0 Å². The maximum absolute atomic E-state index is 8.74. The van der Waals surface area contributed by atoms with Gasteiger partial charge in [-0.05, 0) is 12.8 Å². The van der Waals surface area contributed by atoms with Crippen LogP contribution >= 0.6 is 0 Å². The van der Waals surface area contributed by atoms with Gasteiger partial charge in [-0.1, -0.05) is 64.2 Å². The lowest BCUT2D eigenvalue weighted by molar-refractivity contribution is -0.295. The minimum absolute atomic E-state index is 0. The van der Waals surface area contributed by atoms with Gasteiger partial charge < -0.3 is 12.3 Å². The molecule has 8 N–H and O–H groups in total. The second kappa shape index (κ2) is 19.8. The van der Waals surface area contributed by atoms with Crippen LogP contribution in [-0.2, 0) is 20.2 Å². The number of rotatable bonds is 0. The zero-order chi connectivity index (χ0) is 15.8. The fraction of sp³-hybridized carbons (Fsp3) is 1.00. The van der Waals surface area contributed by atoms with Gasteiger partial charge >= 0.3 is 10.4 Å². The third-order valence-corrected chi connectivity index (χ3v) is 3.29. The van der Waals surface area contributed by atoms with Crippen molar-refractivity contribution in [2.75, 3.05) is 13.2 Å². The third-order valence-electron chi connectivity index (χ3n) is 3.29. The van der Waals surface area contributed by atoms with Gasteiger partial charge in [-0.3, -0.25) is 9.11 Å². The maximum atomic E-state index is 8.74. The predicted molar refractivity (Wildman–Crippen MR) is 91.5 cm³/mol. The summed E-state index contributed by atoms with van der Waals surface area (Å²) in [5, 5.41) is 0. The Kier molecular flexibility index (Phi) is 23.7. The molecular weight excluding hydrogens is 324 g/mol. The molecule has 1 aliphatic heterocycles. The van der Waals surface area contributed by atoms with Crippen LogP contribution in [0.5, 0.6) is 0 Å². The quantitative estimate of drug-likeness (QED) is 0.367. The standard InChI is InChI=1S/C14H28O2.2H3N.H2O4S/c1-2-4-6-8-10-12-14-16-15-13-11-9-7-5-3-1;;;1-5(2,3)4/h1-14H2;2*1H3;(H2,1,2,3,4). The molecule has 0 unspecified atom stereocenters. The van der Waals surface area contributed by atoms with E-state index < -0.39 is 10.4 Å². The minimum atomic E-state index is -4.67. The van der Waals surface area contributed by atoms with Gasteiger partial charge in [-0.2, -0.15) is 8.42 Å². The van der Waals surface area contributed by atoms with Crippen LogP contribution in [-0.4, -0.2) is 30.7 Å². The van der Waals surface area contributed by atoms with Gasteiger partial charge in [0, 0.05) is 0 Å². The molecule has 8 nitrogen and oxygen atoms in total. The van der Waals surface area contributed by atoms with Crippen molar-refractivity contribution in [1.82, 2.24) is 12.3 Å². The van der Waals surface area contributed by atoms with Crippen LogP contribution in [0.4, 0.5) is 0 Å². The zero-order valence-electron chi connectivity index (χ0n) is 14.2. The molecule has 0 atom stereocenters. The van der Waals surface area contributed by atoms with Crippen molar-refractivity contribution >= 4 is 10.4 Å². The molecule has 0 aromatic carbocycles. The lowest BCUT2D eigenvalue weighted by atomic mass is 10.1. The predicted octanol–water partition coefficient (Wildman–Crippen LogP) is 4.30. The molecule has 1 saturated heterocycles. The Balaban J connectivity index is -0.000000502. The molecular formula is C14H36N2O6S. The minimum Gasteiger partial charge on any atom is -0.344 e. The molecule has 0 spiro atoms. The van der Waals surface area contributed by atoms with E-state index in [0.29, 0.717) is 0 Å². The first-order valence-electron chi connectivity index (χ1n) is 7.94. The Bertz CT molecular complexity index is 242. The van der Waals surface area contributed by atoms with Crippen molar-refractivity contribution in [3.05, 3.63) is 0 Å². The van der Waals surface area contributed by atoms with Gasteiger partial charge in [0.2, 0.25) is 0 Å². The summed E-state index contributed by atoms with van der Waals surface area (Å²) in [6, 6.07) is 0. The van der Waals surface area contributed by atoms with E-state index in [1.807, 2.05) is 0 Å². The molecule has 1 aliphatic rings. The molecule has 9 heteroatoms. The number of hydrogen-bond acceptors (Lipinski definition) is 6. The normalized spacial score (nSPS) is 19.2. The molecule has 144 valence electrons. The van der Waals surface area contributed by atoms with Gasteiger partial charge in [-0.25, -0.2) is 9.78 Å². The summed E-state index contributed by atoms with van der Waals surface area (Å²) in [5.74, 6) is 0. The van der Waals surface area contributed by atoms with E-state index in [0.717, 1.165) is 26.1 Å². The Morgan fingerprint density at radius 2 is 0.696 bits per heavy atom. The van der Waals surface area contributed by atoms with Gasteiger partial charge in [0.05, 0.1) is 13.2 Å². The van der Waals surface area contributed by atoms with E-state index in [1.54, 1.807) is 0 Å². The SMILES string of the molecule is C1CCCCCCCOOCCCCCC1.N.N.O=S(=O)(O)O. The number of hydrogen-bond donors (Lipinski definition) is 4. The Labute approximate surface area is 141 Å². The lowest BCUT2D eigenvalue weighted by Crippen LogP contribution is -1.99. The monoisotopic (exact) mass is 360 g/mol. The zero-order valence-corrected chi connectivity index (χ0v) is 15.1. The van der Waals surface area contributed by atoms with E-state index in [1.165, 1.54) is 64.2 Å². The second-order valence-corrected chi connectivity index (χ2v) is 6.23. The topological polar surface area (TPSA) is 163 Å². The van der Waals surface area contributed by atoms with Crippen molar-refractivity contribution in [2.24, 2.45) is 0 Å². The van der Waals surface area contributed by atoms with Crippen LogP contribution in [0.25, 0.3) is 0 Å². The van der Waals surface area contributed by atoms with E-state index >= 15 is 0 Å². The van der Waals surface area contributed by atoms with Gasteiger partial charge in [0.1, 0.15) is 0 Å². The first kappa shape index (κ1) is 27.6. The second-order valence-electron chi connectivity index (χ2n) is 5.33. The molecule has 0 bridgehead atoms. The van der Waals surface area contributed by atoms with Crippen LogP contribution in [0.15, 0.2) is 0 Å². The molecule has 0 saturated carbocycles. The molecule has 0 aromatic heterocycles. The average molecular weight is 361 g/mol. The first-order chi connectivity index (χ1) is 10.0. The van der Waals surface area contributed by atoms with Crippen molar-refractivity contribution in [3.63, 3.8) is 0 Å². The highest BCUT2D eigenvalue weighted by Gasteiger charge is 1.96. The molecule has 23 heavy (non-hydrogen) atoms. The molecule has 1 fully saturated rings. The fourth-order valence-electron chi connectivity index (χ4n) is 2.21. The largest absolute Gasteiger partial charge is 0.394 e. The average Bonchev–Trinajstić information content (AvgIpc) is 2.37. The summed E-state index contributed by atoms with van der Waals surface area (Å²) in [5.41, 5.74) is 0. The lowest BCUT2D eigenvalue weighted by Gasteiger charge is -2.06.